The van der Waals surface area contributed by atoms with E-state index in [1.165, 1.54) is 21.9 Å². The Labute approximate surface area is 132 Å². The summed E-state index contributed by atoms with van der Waals surface area (Å²) in [7, 11) is 0. The molecule has 1 fully saturated rings. The molecule has 126 valence electrons. The molecular weight excluding hydrogens is 309 g/mol. The highest BCUT2D eigenvalue weighted by Crippen LogP contribution is 2.30. The number of nitrogens with zero attached hydrogens (tertiary/aromatic N) is 2. The van der Waals surface area contributed by atoms with E-state index in [9.17, 15) is 22.8 Å². The standard InChI is InChI=1S/C16H19F3N2O2/c1-3-7-20-10-14(22)21(11(2)15(20)23)9-12-5-4-6-13(8-12)16(17,18)19/h4-6,8,11H,3,7,9-10H2,1-2H3/t11-/m1/s1. The summed E-state index contributed by atoms with van der Waals surface area (Å²) in [5, 5.41) is 0. The Morgan fingerprint density at radius 3 is 2.57 bits per heavy atom. The van der Waals surface area contributed by atoms with Crippen molar-refractivity contribution in [3.05, 3.63) is 35.4 Å². The Morgan fingerprint density at radius 2 is 1.96 bits per heavy atom. The van der Waals surface area contributed by atoms with E-state index in [2.05, 4.69) is 0 Å². The van der Waals surface area contributed by atoms with Gasteiger partial charge in [0, 0.05) is 13.1 Å². The van der Waals surface area contributed by atoms with E-state index in [0.29, 0.717) is 12.1 Å². The molecule has 0 spiro atoms. The summed E-state index contributed by atoms with van der Waals surface area (Å²) in [6, 6.07) is 4.17. The Morgan fingerprint density at radius 1 is 1.26 bits per heavy atom. The number of carbonyl (C=O) groups is 2. The lowest BCUT2D eigenvalue weighted by atomic mass is 10.1. The minimum Gasteiger partial charge on any atom is -0.332 e. The molecule has 0 bridgehead atoms. The smallest absolute Gasteiger partial charge is 0.332 e. The van der Waals surface area contributed by atoms with E-state index in [1.807, 2.05) is 6.92 Å². The zero-order chi connectivity index (χ0) is 17.2. The van der Waals surface area contributed by atoms with Gasteiger partial charge >= 0.3 is 6.18 Å². The molecule has 23 heavy (non-hydrogen) atoms. The van der Waals surface area contributed by atoms with Crippen LogP contribution >= 0.6 is 0 Å². The van der Waals surface area contributed by atoms with Crippen LogP contribution < -0.4 is 0 Å². The van der Waals surface area contributed by atoms with Crippen molar-refractivity contribution in [3.8, 4) is 0 Å². The van der Waals surface area contributed by atoms with Crippen molar-refractivity contribution in [2.24, 2.45) is 0 Å². The topological polar surface area (TPSA) is 40.6 Å². The highest BCUT2D eigenvalue weighted by atomic mass is 19.4. The van der Waals surface area contributed by atoms with E-state index < -0.39 is 17.8 Å². The van der Waals surface area contributed by atoms with Gasteiger partial charge < -0.3 is 9.80 Å². The molecule has 1 aromatic carbocycles. The monoisotopic (exact) mass is 328 g/mol. The number of hydrogen-bond acceptors (Lipinski definition) is 2. The number of carbonyl (C=O) groups excluding carboxylic acids is 2. The maximum absolute atomic E-state index is 12.8. The predicted molar refractivity (Wildman–Crippen MR) is 78.3 cm³/mol. The second-order valence-corrected chi connectivity index (χ2v) is 5.66. The molecule has 1 heterocycles. The highest BCUT2D eigenvalue weighted by molar-refractivity contribution is 5.94. The molecule has 0 aromatic heterocycles. The number of benzene rings is 1. The fourth-order valence-corrected chi connectivity index (χ4v) is 2.67. The molecule has 1 aliphatic rings. The number of hydrogen-bond donors (Lipinski definition) is 0. The van der Waals surface area contributed by atoms with Gasteiger partial charge in [0.15, 0.2) is 0 Å². The first-order chi connectivity index (χ1) is 10.7. The maximum atomic E-state index is 12.8. The molecule has 1 aromatic rings. The molecule has 0 aliphatic carbocycles. The van der Waals surface area contributed by atoms with Crippen molar-refractivity contribution in [1.82, 2.24) is 9.80 Å². The third-order valence-corrected chi connectivity index (χ3v) is 3.88. The molecule has 7 heteroatoms. The average Bonchev–Trinajstić information content (AvgIpc) is 2.49. The average molecular weight is 328 g/mol. The lowest BCUT2D eigenvalue weighted by Gasteiger charge is -2.38. The summed E-state index contributed by atoms with van der Waals surface area (Å²) in [6.07, 6.45) is -3.68. The fourth-order valence-electron chi connectivity index (χ4n) is 2.67. The van der Waals surface area contributed by atoms with Crippen molar-refractivity contribution >= 4 is 11.8 Å². The normalized spacial score (nSPS) is 19.4. The van der Waals surface area contributed by atoms with Crippen LogP contribution in [0, 0.1) is 0 Å². The summed E-state index contributed by atoms with van der Waals surface area (Å²) in [5.41, 5.74) is -0.400. The Balaban J connectivity index is 2.17. The van der Waals surface area contributed by atoms with Crippen molar-refractivity contribution < 1.29 is 22.8 Å². The molecule has 1 atom stereocenters. The van der Waals surface area contributed by atoms with Crippen LogP contribution in [0.25, 0.3) is 0 Å². The maximum Gasteiger partial charge on any atom is 0.416 e. The lowest BCUT2D eigenvalue weighted by Crippen LogP contribution is -2.58. The van der Waals surface area contributed by atoms with Crippen LogP contribution in [0.4, 0.5) is 13.2 Å². The number of halogens is 3. The third kappa shape index (κ3) is 3.83. The second kappa shape index (κ2) is 6.60. The zero-order valence-corrected chi connectivity index (χ0v) is 13.1. The first-order valence-corrected chi connectivity index (χ1v) is 7.48. The Bertz CT molecular complexity index is 601. The summed E-state index contributed by atoms with van der Waals surface area (Å²) in [6.45, 7) is 4.00. The summed E-state index contributed by atoms with van der Waals surface area (Å²) in [4.78, 5) is 27.3. The largest absolute Gasteiger partial charge is 0.416 e. The van der Waals surface area contributed by atoms with Crippen LogP contribution in [-0.4, -0.2) is 40.7 Å². The summed E-state index contributed by atoms with van der Waals surface area (Å²) < 4.78 is 38.3. The Hall–Kier alpha value is -2.05. The Kier molecular flexibility index (Phi) is 4.97. The molecule has 0 radical (unpaired) electrons. The minimum atomic E-state index is -4.43. The molecule has 2 amide bonds. The molecule has 1 aliphatic heterocycles. The molecule has 0 N–H and O–H groups in total. The van der Waals surface area contributed by atoms with E-state index in [0.717, 1.165) is 18.6 Å². The first-order valence-electron chi connectivity index (χ1n) is 7.48. The second-order valence-electron chi connectivity index (χ2n) is 5.66. The van der Waals surface area contributed by atoms with Crippen molar-refractivity contribution in [2.75, 3.05) is 13.1 Å². The van der Waals surface area contributed by atoms with Gasteiger partial charge in [-0.1, -0.05) is 19.1 Å². The van der Waals surface area contributed by atoms with Crippen LogP contribution in [0.2, 0.25) is 0 Å². The molecule has 0 unspecified atom stereocenters. The lowest BCUT2D eigenvalue weighted by molar-refractivity contribution is -0.155. The van der Waals surface area contributed by atoms with Crippen LogP contribution in [0.1, 0.15) is 31.4 Å². The summed E-state index contributed by atoms with van der Waals surface area (Å²) in [5.74, 6) is -0.415. The van der Waals surface area contributed by atoms with Gasteiger partial charge in [-0.2, -0.15) is 13.2 Å². The van der Waals surface area contributed by atoms with Crippen molar-refractivity contribution in [2.45, 2.75) is 39.0 Å². The van der Waals surface area contributed by atoms with Gasteiger partial charge in [0.25, 0.3) is 0 Å². The van der Waals surface area contributed by atoms with E-state index >= 15 is 0 Å². The predicted octanol–water partition coefficient (Wildman–Crippen LogP) is 2.67. The van der Waals surface area contributed by atoms with E-state index in [1.54, 1.807) is 6.92 Å². The number of amides is 2. The van der Waals surface area contributed by atoms with E-state index in [4.69, 9.17) is 0 Å². The van der Waals surface area contributed by atoms with Crippen LogP contribution in [0.3, 0.4) is 0 Å². The fraction of sp³-hybridized carbons (Fsp3) is 0.500. The van der Waals surface area contributed by atoms with Gasteiger partial charge in [0.05, 0.1) is 12.1 Å². The van der Waals surface area contributed by atoms with Crippen molar-refractivity contribution in [1.29, 1.82) is 0 Å². The molecule has 4 nitrogen and oxygen atoms in total. The summed E-state index contributed by atoms with van der Waals surface area (Å²) >= 11 is 0. The molecular formula is C16H19F3N2O2. The number of piperazine rings is 1. The highest BCUT2D eigenvalue weighted by Gasteiger charge is 2.36. The number of alkyl halides is 3. The van der Waals surface area contributed by atoms with Crippen LogP contribution in [-0.2, 0) is 22.3 Å². The molecule has 2 rings (SSSR count). The van der Waals surface area contributed by atoms with Crippen LogP contribution in [0.5, 0.6) is 0 Å². The molecule has 0 saturated carbocycles. The SMILES string of the molecule is CCCN1CC(=O)N(Cc2cccc(C(F)(F)F)c2)[C@H](C)C1=O. The van der Waals surface area contributed by atoms with Crippen LogP contribution in [0.15, 0.2) is 24.3 Å². The van der Waals surface area contributed by atoms with Gasteiger partial charge in [-0.15, -0.1) is 0 Å². The van der Waals surface area contributed by atoms with Gasteiger partial charge in [-0.05, 0) is 31.0 Å². The van der Waals surface area contributed by atoms with Gasteiger partial charge in [0.2, 0.25) is 11.8 Å². The number of rotatable bonds is 4. The third-order valence-electron chi connectivity index (χ3n) is 3.88. The van der Waals surface area contributed by atoms with E-state index in [-0.39, 0.29) is 24.9 Å². The van der Waals surface area contributed by atoms with Gasteiger partial charge in [0.1, 0.15) is 6.04 Å². The van der Waals surface area contributed by atoms with Gasteiger partial charge in [-0.25, -0.2) is 0 Å². The molecule has 1 saturated heterocycles. The quantitative estimate of drug-likeness (QED) is 0.853. The van der Waals surface area contributed by atoms with Gasteiger partial charge in [-0.3, -0.25) is 9.59 Å². The first kappa shape index (κ1) is 17.3. The van der Waals surface area contributed by atoms with Crippen molar-refractivity contribution in [3.63, 3.8) is 0 Å². The minimum absolute atomic E-state index is 0.00434. The zero-order valence-electron chi connectivity index (χ0n) is 13.1.